The Kier molecular flexibility index (Phi) is 3.87. The molecular formula is C11H10BrNO2. The summed E-state index contributed by atoms with van der Waals surface area (Å²) in [7, 11) is 0. The van der Waals surface area contributed by atoms with E-state index in [-0.39, 0.29) is 5.97 Å². The van der Waals surface area contributed by atoms with Crippen LogP contribution in [0.4, 0.5) is 0 Å². The van der Waals surface area contributed by atoms with E-state index in [2.05, 4.69) is 15.9 Å². The first-order valence-corrected chi connectivity index (χ1v) is 5.26. The summed E-state index contributed by atoms with van der Waals surface area (Å²) >= 11 is 3.26. The van der Waals surface area contributed by atoms with Crippen molar-refractivity contribution in [2.75, 3.05) is 6.61 Å². The van der Waals surface area contributed by atoms with Crippen molar-refractivity contribution in [3.8, 4) is 6.07 Å². The third-order valence-corrected chi connectivity index (χ3v) is 2.52. The van der Waals surface area contributed by atoms with Crippen molar-refractivity contribution in [1.29, 1.82) is 5.26 Å². The van der Waals surface area contributed by atoms with Crippen LogP contribution in [0.1, 0.15) is 28.4 Å². The molecule has 78 valence electrons. The maximum Gasteiger partial charge on any atom is 0.339 e. The number of hydrogen-bond acceptors (Lipinski definition) is 3. The largest absolute Gasteiger partial charge is 0.462 e. The first-order chi connectivity index (χ1) is 7.10. The van der Waals surface area contributed by atoms with E-state index < -0.39 is 0 Å². The first-order valence-electron chi connectivity index (χ1n) is 4.47. The van der Waals surface area contributed by atoms with Crippen LogP contribution in [0.3, 0.4) is 0 Å². The minimum absolute atomic E-state index is 0.338. The number of hydrogen-bond donors (Lipinski definition) is 0. The second-order valence-corrected chi connectivity index (χ2v) is 3.84. The summed E-state index contributed by atoms with van der Waals surface area (Å²) in [5.41, 5.74) is 1.74. The summed E-state index contributed by atoms with van der Waals surface area (Å²) in [4.78, 5) is 11.6. The smallest absolute Gasteiger partial charge is 0.339 e. The Morgan fingerprint density at radius 2 is 2.27 bits per heavy atom. The van der Waals surface area contributed by atoms with Crippen molar-refractivity contribution in [2.24, 2.45) is 0 Å². The summed E-state index contributed by atoms with van der Waals surface area (Å²) in [6.07, 6.45) is 0. The van der Waals surface area contributed by atoms with Gasteiger partial charge in [-0.3, -0.25) is 0 Å². The predicted octanol–water partition coefficient (Wildman–Crippen LogP) is 2.81. The van der Waals surface area contributed by atoms with Crippen LogP contribution in [0.15, 0.2) is 16.6 Å². The van der Waals surface area contributed by atoms with Gasteiger partial charge in [-0.25, -0.2) is 4.79 Å². The van der Waals surface area contributed by atoms with Gasteiger partial charge in [0.25, 0.3) is 0 Å². The lowest BCUT2D eigenvalue weighted by Crippen LogP contribution is -2.08. The normalized spacial score (nSPS) is 9.47. The van der Waals surface area contributed by atoms with Crippen LogP contribution >= 0.6 is 15.9 Å². The van der Waals surface area contributed by atoms with Crippen LogP contribution in [-0.2, 0) is 4.74 Å². The van der Waals surface area contributed by atoms with Crippen LogP contribution in [0.2, 0.25) is 0 Å². The molecule has 1 aromatic carbocycles. The van der Waals surface area contributed by atoms with Crippen molar-refractivity contribution >= 4 is 21.9 Å². The summed E-state index contributed by atoms with van der Waals surface area (Å²) in [5.74, 6) is -0.369. The van der Waals surface area contributed by atoms with Gasteiger partial charge in [0.2, 0.25) is 0 Å². The zero-order valence-corrected chi connectivity index (χ0v) is 10.1. The number of rotatable bonds is 2. The molecule has 4 heteroatoms. The molecule has 0 spiro atoms. The number of nitriles is 1. The van der Waals surface area contributed by atoms with Crippen molar-refractivity contribution in [3.05, 3.63) is 33.3 Å². The zero-order valence-electron chi connectivity index (χ0n) is 8.50. The van der Waals surface area contributed by atoms with E-state index in [4.69, 9.17) is 10.00 Å². The van der Waals surface area contributed by atoms with Gasteiger partial charge in [0.15, 0.2) is 0 Å². The van der Waals surface area contributed by atoms with Crippen molar-refractivity contribution in [3.63, 3.8) is 0 Å². The summed E-state index contributed by atoms with van der Waals surface area (Å²) in [6, 6.07) is 5.30. The highest BCUT2D eigenvalue weighted by atomic mass is 79.9. The maximum atomic E-state index is 11.6. The lowest BCUT2D eigenvalue weighted by Gasteiger charge is -2.07. The summed E-state index contributed by atoms with van der Waals surface area (Å²) < 4.78 is 5.51. The van der Waals surface area contributed by atoms with Crippen molar-refractivity contribution < 1.29 is 9.53 Å². The highest BCUT2D eigenvalue weighted by molar-refractivity contribution is 9.10. The average Bonchev–Trinajstić information content (AvgIpc) is 2.16. The van der Waals surface area contributed by atoms with E-state index in [1.54, 1.807) is 26.0 Å². The van der Waals surface area contributed by atoms with E-state index in [0.29, 0.717) is 22.2 Å². The molecule has 0 bridgehead atoms. The monoisotopic (exact) mass is 267 g/mol. The molecule has 0 unspecified atom stereocenters. The Morgan fingerprint density at radius 3 is 2.73 bits per heavy atom. The molecule has 0 radical (unpaired) electrons. The van der Waals surface area contributed by atoms with Gasteiger partial charge in [0.1, 0.15) is 0 Å². The van der Waals surface area contributed by atoms with Crippen LogP contribution in [0, 0.1) is 18.3 Å². The molecule has 0 aliphatic carbocycles. The lowest BCUT2D eigenvalue weighted by molar-refractivity contribution is 0.0524. The summed E-state index contributed by atoms with van der Waals surface area (Å²) in [5, 5.41) is 8.73. The van der Waals surface area contributed by atoms with Gasteiger partial charge in [-0.15, -0.1) is 0 Å². The number of aryl methyl sites for hydroxylation is 1. The molecule has 0 aliphatic rings. The van der Waals surface area contributed by atoms with Gasteiger partial charge in [-0.2, -0.15) is 5.26 Å². The molecule has 0 aromatic heterocycles. The number of esters is 1. The fraction of sp³-hybridized carbons (Fsp3) is 0.273. The highest BCUT2D eigenvalue weighted by Gasteiger charge is 2.15. The Hall–Kier alpha value is -1.34. The Bertz CT molecular complexity index is 412. The average molecular weight is 268 g/mol. The predicted molar refractivity (Wildman–Crippen MR) is 59.6 cm³/mol. The quantitative estimate of drug-likeness (QED) is 0.775. The minimum Gasteiger partial charge on any atom is -0.462 e. The number of benzene rings is 1. The number of ether oxygens (including phenoxy) is 1. The fourth-order valence-corrected chi connectivity index (χ4v) is 1.99. The number of carbonyl (C=O) groups excluding carboxylic acids is 1. The third-order valence-electron chi connectivity index (χ3n) is 1.90. The van der Waals surface area contributed by atoms with E-state index in [9.17, 15) is 4.79 Å². The van der Waals surface area contributed by atoms with E-state index >= 15 is 0 Å². The third kappa shape index (κ3) is 2.57. The van der Waals surface area contributed by atoms with Gasteiger partial charge in [0, 0.05) is 4.47 Å². The van der Waals surface area contributed by atoms with Crippen LogP contribution in [0.25, 0.3) is 0 Å². The molecule has 0 amide bonds. The molecule has 1 rings (SSSR count). The Morgan fingerprint density at radius 1 is 1.60 bits per heavy atom. The zero-order chi connectivity index (χ0) is 11.4. The van der Waals surface area contributed by atoms with Crippen LogP contribution in [-0.4, -0.2) is 12.6 Å². The maximum absolute atomic E-state index is 11.6. The fourth-order valence-electron chi connectivity index (χ4n) is 1.27. The molecule has 0 aliphatic heterocycles. The number of halogens is 1. The number of nitrogens with zero attached hydrogens (tertiary/aromatic N) is 1. The molecule has 0 atom stereocenters. The SMILES string of the molecule is CCOC(=O)c1c(C)cc(C#N)cc1Br. The van der Waals surface area contributed by atoms with Crippen molar-refractivity contribution in [1.82, 2.24) is 0 Å². The lowest BCUT2D eigenvalue weighted by atomic mass is 10.1. The van der Waals surface area contributed by atoms with Gasteiger partial charge in [0.05, 0.1) is 23.8 Å². The van der Waals surface area contributed by atoms with E-state index in [1.807, 2.05) is 6.07 Å². The second kappa shape index (κ2) is 4.94. The Labute approximate surface area is 96.8 Å². The molecule has 0 saturated carbocycles. The highest BCUT2D eigenvalue weighted by Crippen LogP contribution is 2.23. The van der Waals surface area contributed by atoms with Gasteiger partial charge >= 0.3 is 5.97 Å². The van der Waals surface area contributed by atoms with Gasteiger partial charge in [-0.1, -0.05) is 0 Å². The van der Waals surface area contributed by atoms with E-state index in [1.165, 1.54) is 0 Å². The van der Waals surface area contributed by atoms with Crippen LogP contribution < -0.4 is 0 Å². The second-order valence-electron chi connectivity index (χ2n) is 2.98. The number of carbonyl (C=O) groups is 1. The molecule has 0 heterocycles. The van der Waals surface area contributed by atoms with E-state index in [0.717, 1.165) is 5.56 Å². The standard InChI is InChI=1S/C11H10BrNO2/c1-3-15-11(14)10-7(2)4-8(6-13)5-9(10)12/h4-5H,3H2,1-2H3. The topological polar surface area (TPSA) is 50.1 Å². The molecule has 1 aromatic rings. The molecule has 0 N–H and O–H groups in total. The Balaban J connectivity index is 3.21. The molecule has 0 fully saturated rings. The minimum atomic E-state index is -0.369. The molecule has 0 saturated heterocycles. The summed E-state index contributed by atoms with van der Waals surface area (Å²) in [6.45, 7) is 3.87. The van der Waals surface area contributed by atoms with Crippen molar-refractivity contribution in [2.45, 2.75) is 13.8 Å². The van der Waals surface area contributed by atoms with Crippen LogP contribution in [0.5, 0.6) is 0 Å². The molecule has 3 nitrogen and oxygen atoms in total. The molecule has 15 heavy (non-hydrogen) atoms. The van der Waals surface area contributed by atoms with Gasteiger partial charge in [-0.05, 0) is 47.5 Å². The first kappa shape index (κ1) is 11.7. The molecular weight excluding hydrogens is 258 g/mol. The van der Waals surface area contributed by atoms with Gasteiger partial charge < -0.3 is 4.74 Å².